The van der Waals surface area contributed by atoms with E-state index in [4.69, 9.17) is 4.42 Å². The number of halogens is 6. The van der Waals surface area contributed by atoms with E-state index in [1.165, 1.54) is 35.0 Å². The van der Waals surface area contributed by atoms with Gasteiger partial charge in [0.25, 0.3) is 0 Å². The van der Waals surface area contributed by atoms with Crippen molar-refractivity contribution in [1.29, 1.82) is 0 Å². The summed E-state index contributed by atoms with van der Waals surface area (Å²) in [5.74, 6) is -3.93. The van der Waals surface area contributed by atoms with Gasteiger partial charge in [-0.3, -0.25) is 4.79 Å². The van der Waals surface area contributed by atoms with Crippen molar-refractivity contribution in [2.24, 2.45) is 5.92 Å². The first-order chi connectivity index (χ1) is 15.8. The average molecular weight is 504 g/mol. The number of hydrogen-bond donors (Lipinski definition) is 3. The number of furan rings is 1. The standard InChI is InChI=1S/C21H14F6N2O4S/c22-20(23,24)11-4-1-3-10(9-11)12-6-7-13(33-12)16-15(17(30)14-5-2-8-34-14)19(32,21(25,26)27)29-18(31)28-16/h1-9,15-16,32H,(H2,28,29,31)/t15-,16+,19+/m0/s1. The van der Waals surface area contributed by atoms with Crippen LogP contribution in [0.5, 0.6) is 0 Å². The minimum absolute atomic E-state index is 0.0337. The first-order valence-corrected chi connectivity index (χ1v) is 10.4. The fourth-order valence-electron chi connectivity index (χ4n) is 3.67. The van der Waals surface area contributed by atoms with E-state index in [2.05, 4.69) is 5.32 Å². The molecule has 0 unspecified atom stereocenters. The Kier molecular flexibility index (Phi) is 5.72. The largest absolute Gasteiger partial charge is 0.459 e. The summed E-state index contributed by atoms with van der Waals surface area (Å²) in [6.45, 7) is 0. The molecule has 2 amide bonds. The Hall–Kier alpha value is -3.32. The maximum absolute atomic E-state index is 13.9. The van der Waals surface area contributed by atoms with E-state index < -0.39 is 47.4 Å². The molecule has 0 aliphatic carbocycles. The number of hydrogen-bond acceptors (Lipinski definition) is 5. The molecule has 0 saturated carbocycles. The second-order valence-electron chi connectivity index (χ2n) is 7.44. The number of Topliss-reactive ketones (excluding diaryl/α,β-unsaturated/α-hetero) is 1. The Labute approximate surface area is 191 Å². The van der Waals surface area contributed by atoms with Crippen molar-refractivity contribution in [3.8, 4) is 11.3 Å². The van der Waals surface area contributed by atoms with E-state index in [1.54, 1.807) is 0 Å². The number of ketones is 1. The van der Waals surface area contributed by atoms with Gasteiger partial charge in [0.1, 0.15) is 23.5 Å². The van der Waals surface area contributed by atoms with Gasteiger partial charge in [-0.15, -0.1) is 11.3 Å². The summed E-state index contributed by atoms with van der Waals surface area (Å²) in [5, 5.41) is 15.5. The highest BCUT2D eigenvalue weighted by molar-refractivity contribution is 7.12. The number of benzene rings is 1. The summed E-state index contributed by atoms with van der Waals surface area (Å²) in [6, 6.07) is 5.82. The quantitative estimate of drug-likeness (QED) is 0.339. The van der Waals surface area contributed by atoms with Crippen LogP contribution in [0.25, 0.3) is 11.3 Å². The number of alkyl halides is 6. The van der Waals surface area contributed by atoms with Crippen LogP contribution in [0, 0.1) is 5.92 Å². The van der Waals surface area contributed by atoms with Crippen LogP contribution in [0.2, 0.25) is 0 Å². The second kappa shape index (κ2) is 8.17. The zero-order chi connectivity index (χ0) is 24.9. The predicted octanol–water partition coefficient (Wildman–Crippen LogP) is 5.13. The van der Waals surface area contributed by atoms with Crippen molar-refractivity contribution in [2.45, 2.75) is 24.1 Å². The van der Waals surface area contributed by atoms with Crippen LogP contribution in [0.1, 0.15) is 27.0 Å². The van der Waals surface area contributed by atoms with Crippen LogP contribution in [0.3, 0.4) is 0 Å². The molecule has 34 heavy (non-hydrogen) atoms. The average Bonchev–Trinajstić information content (AvgIpc) is 3.44. The molecule has 0 spiro atoms. The van der Waals surface area contributed by atoms with Gasteiger partial charge in [0.05, 0.1) is 10.4 Å². The van der Waals surface area contributed by atoms with E-state index in [9.17, 15) is 41.0 Å². The van der Waals surface area contributed by atoms with Crippen molar-refractivity contribution >= 4 is 23.2 Å². The van der Waals surface area contributed by atoms with Gasteiger partial charge in [0.2, 0.25) is 5.72 Å². The van der Waals surface area contributed by atoms with Gasteiger partial charge in [-0.05, 0) is 35.7 Å². The summed E-state index contributed by atoms with van der Waals surface area (Å²) in [5.41, 5.74) is -4.95. The Balaban J connectivity index is 1.78. The van der Waals surface area contributed by atoms with Gasteiger partial charge in [-0.25, -0.2) is 4.79 Å². The SMILES string of the molecule is O=C1N[C@H](c2ccc(-c3cccc(C(F)(F)F)c3)o2)[C@@H](C(=O)c2cccs2)[C@@](O)(C(F)(F)F)N1. The molecule has 13 heteroatoms. The van der Waals surface area contributed by atoms with Crippen molar-refractivity contribution in [3.05, 3.63) is 70.1 Å². The molecule has 3 heterocycles. The molecule has 180 valence electrons. The van der Waals surface area contributed by atoms with Crippen molar-refractivity contribution in [1.82, 2.24) is 10.6 Å². The molecule has 1 aliphatic rings. The monoisotopic (exact) mass is 504 g/mol. The third kappa shape index (κ3) is 4.16. The van der Waals surface area contributed by atoms with Gasteiger partial charge in [0, 0.05) is 5.56 Å². The summed E-state index contributed by atoms with van der Waals surface area (Å²) >= 11 is 0.834. The highest BCUT2D eigenvalue weighted by Crippen LogP contribution is 2.45. The molecular formula is C21H14F6N2O4S. The maximum atomic E-state index is 13.9. The van der Waals surface area contributed by atoms with Crippen LogP contribution in [-0.4, -0.2) is 28.8 Å². The van der Waals surface area contributed by atoms with E-state index in [0.717, 1.165) is 35.6 Å². The third-order valence-electron chi connectivity index (χ3n) is 5.26. The maximum Gasteiger partial charge on any atom is 0.437 e. The Morgan fingerprint density at radius 1 is 1.06 bits per heavy atom. The predicted molar refractivity (Wildman–Crippen MR) is 107 cm³/mol. The molecule has 3 N–H and O–H groups in total. The lowest BCUT2D eigenvalue weighted by Crippen LogP contribution is -2.72. The Morgan fingerprint density at radius 3 is 2.41 bits per heavy atom. The molecule has 1 aliphatic heterocycles. The first-order valence-electron chi connectivity index (χ1n) is 9.54. The van der Waals surface area contributed by atoms with Crippen molar-refractivity contribution in [2.75, 3.05) is 0 Å². The molecule has 1 saturated heterocycles. The lowest BCUT2D eigenvalue weighted by Gasteiger charge is -2.44. The number of amides is 2. The summed E-state index contributed by atoms with van der Waals surface area (Å²) in [7, 11) is 0. The molecule has 3 aromatic rings. The van der Waals surface area contributed by atoms with Crippen molar-refractivity contribution in [3.63, 3.8) is 0 Å². The number of aliphatic hydroxyl groups is 1. The molecule has 6 nitrogen and oxygen atoms in total. The summed E-state index contributed by atoms with van der Waals surface area (Å²) < 4.78 is 86.3. The van der Waals surface area contributed by atoms with E-state index in [0.29, 0.717) is 0 Å². The second-order valence-corrected chi connectivity index (χ2v) is 8.39. The highest BCUT2D eigenvalue weighted by atomic mass is 32.1. The molecule has 1 fully saturated rings. The molecule has 2 aromatic heterocycles. The summed E-state index contributed by atoms with van der Waals surface area (Å²) in [4.78, 5) is 25.0. The summed E-state index contributed by atoms with van der Waals surface area (Å²) in [6.07, 6.45) is -10.1. The molecule has 1 aromatic carbocycles. The number of carbonyl (C=O) groups is 2. The van der Waals surface area contributed by atoms with Gasteiger partial charge >= 0.3 is 18.4 Å². The van der Waals surface area contributed by atoms with Crippen LogP contribution in [0.15, 0.2) is 58.3 Å². The van der Waals surface area contributed by atoms with Gasteiger partial charge in [0.15, 0.2) is 5.78 Å². The molecule has 0 radical (unpaired) electrons. The van der Waals surface area contributed by atoms with Crippen molar-refractivity contribution < 1.29 is 45.5 Å². The van der Waals surface area contributed by atoms with Gasteiger partial charge in [-0.2, -0.15) is 26.3 Å². The molecule has 3 atom stereocenters. The lowest BCUT2D eigenvalue weighted by molar-refractivity contribution is -0.287. The number of carbonyl (C=O) groups excluding carboxylic acids is 2. The number of nitrogens with one attached hydrogen (secondary N) is 2. The van der Waals surface area contributed by atoms with Gasteiger partial charge in [-0.1, -0.05) is 18.2 Å². The van der Waals surface area contributed by atoms with E-state index in [-0.39, 0.29) is 22.0 Å². The van der Waals surface area contributed by atoms with E-state index >= 15 is 0 Å². The fourth-order valence-corrected chi connectivity index (χ4v) is 4.38. The minimum atomic E-state index is -5.45. The number of thiophene rings is 1. The Bertz CT molecular complexity index is 1220. The number of rotatable bonds is 4. The zero-order valence-corrected chi connectivity index (χ0v) is 17.5. The first kappa shape index (κ1) is 23.8. The number of urea groups is 1. The normalized spacial score (nSPS) is 23.3. The van der Waals surface area contributed by atoms with Crippen LogP contribution in [0.4, 0.5) is 31.1 Å². The van der Waals surface area contributed by atoms with Crippen LogP contribution >= 0.6 is 11.3 Å². The highest BCUT2D eigenvalue weighted by Gasteiger charge is 2.67. The fraction of sp³-hybridized carbons (Fsp3) is 0.238. The van der Waals surface area contributed by atoms with Gasteiger partial charge < -0.3 is 20.2 Å². The van der Waals surface area contributed by atoms with E-state index in [1.807, 2.05) is 0 Å². The van der Waals surface area contributed by atoms with Crippen LogP contribution in [-0.2, 0) is 6.18 Å². The minimum Gasteiger partial charge on any atom is -0.459 e. The lowest BCUT2D eigenvalue weighted by atomic mass is 9.80. The zero-order valence-electron chi connectivity index (χ0n) is 16.7. The molecule has 0 bridgehead atoms. The van der Waals surface area contributed by atoms with Crippen LogP contribution < -0.4 is 10.6 Å². The molecule has 4 rings (SSSR count). The third-order valence-corrected chi connectivity index (χ3v) is 6.14. The molecular weight excluding hydrogens is 490 g/mol. The topological polar surface area (TPSA) is 91.6 Å². The Morgan fingerprint density at radius 2 is 1.79 bits per heavy atom. The smallest absolute Gasteiger partial charge is 0.437 e.